The number of hydrogen-bond acceptors (Lipinski definition) is 4. The highest BCUT2D eigenvalue weighted by molar-refractivity contribution is 7.17. The molecule has 1 aromatic carbocycles. The fourth-order valence-electron chi connectivity index (χ4n) is 1.95. The summed E-state index contributed by atoms with van der Waals surface area (Å²) in [5.74, 6) is 0. The molecule has 0 spiro atoms. The van der Waals surface area contributed by atoms with Crippen LogP contribution in [0, 0.1) is 0 Å². The maximum absolute atomic E-state index is 9.14. The monoisotopic (exact) mass is 263 g/mol. The molecule has 1 heterocycles. The predicted molar refractivity (Wildman–Crippen MR) is 78.5 cm³/mol. The van der Waals surface area contributed by atoms with Gasteiger partial charge in [-0.15, -0.1) is 11.3 Å². The van der Waals surface area contributed by atoms with Crippen molar-refractivity contribution in [2.75, 3.05) is 6.54 Å². The Kier molecular flexibility index (Phi) is 4.40. The van der Waals surface area contributed by atoms with E-state index in [0.29, 0.717) is 11.5 Å². The smallest absolute Gasteiger partial charge is 0.423 e. The van der Waals surface area contributed by atoms with Gasteiger partial charge in [0.1, 0.15) is 0 Å². The van der Waals surface area contributed by atoms with E-state index in [1.54, 1.807) is 17.4 Å². The molecule has 0 amide bonds. The van der Waals surface area contributed by atoms with Gasteiger partial charge >= 0.3 is 7.12 Å². The molecule has 0 radical (unpaired) electrons. The van der Waals surface area contributed by atoms with Crippen LogP contribution in [0.2, 0.25) is 0 Å². The van der Waals surface area contributed by atoms with Crippen molar-refractivity contribution in [2.24, 2.45) is 0 Å². The highest BCUT2D eigenvalue weighted by Gasteiger charge is 2.12. The molecule has 5 heteroatoms. The van der Waals surface area contributed by atoms with Gasteiger partial charge in [0, 0.05) is 10.7 Å². The van der Waals surface area contributed by atoms with E-state index in [-0.39, 0.29) is 0 Å². The minimum Gasteiger partial charge on any atom is -0.423 e. The molecule has 0 aliphatic rings. The Hall–Kier alpha value is -0.875. The first kappa shape index (κ1) is 13.6. The molecule has 3 nitrogen and oxygen atoms in total. The summed E-state index contributed by atoms with van der Waals surface area (Å²) in [6.07, 6.45) is 0.999. The molecule has 0 aliphatic carbocycles. The van der Waals surface area contributed by atoms with Gasteiger partial charge in [0.15, 0.2) is 0 Å². The van der Waals surface area contributed by atoms with Crippen LogP contribution in [0.15, 0.2) is 23.6 Å². The van der Waals surface area contributed by atoms with Gasteiger partial charge in [0.2, 0.25) is 0 Å². The summed E-state index contributed by atoms with van der Waals surface area (Å²) in [5.41, 5.74) is 1.87. The Labute approximate surface area is 112 Å². The molecule has 1 aromatic heterocycles. The Morgan fingerprint density at radius 3 is 2.78 bits per heavy atom. The maximum atomic E-state index is 9.14. The van der Waals surface area contributed by atoms with E-state index >= 15 is 0 Å². The van der Waals surface area contributed by atoms with Crippen molar-refractivity contribution in [3.05, 3.63) is 29.1 Å². The van der Waals surface area contributed by atoms with Gasteiger partial charge < -0.3 is 15.4 Å². The largest absolute Gasteiger partial charge is 0.488 e. The minimum absolute atomic E-state index is 0.506. The van der Waals surface area contributed by atoms with E-state index in [9.17, 15) is 0 Å². The second kappa shape index (κ2) is 5.84. The molecule has 0 fully saturated rings. The summed E-state index contributed by atoms with van der Waals surface area (Å²) in [4.78, 5) is 0. The lowest BCUT2D eigenvalue weighted by atomic mass is 9.80. The molecule has 2 aromatic rings. The fraction of sp³-hybridized carbons (Fsp3) is 0.385. The van der Waals surface area contributed by atoms with Crippen molar-refractivity contribution in [3.63, 3.8) is 0 Å². The van der Waals surface area contributed by atoms with Gasteiger partial charge in [-0.25, -0.2) is 0 Å². The van der Waals surface area contributed by atoms with E-state index in [4.69, 9.17) is 10.0 Å². The maximum Gasteiger partial charge on any atom is 0.488 e. The van der Waals surface area contributed by atoms with Gasteiger partial charge in [0.05, 0.1) is 0 Å². The van der Waals surface area contributed by atoms with E-state index in [2.05, 4.69) is 24.5 Å². The normalized spacial score (nSPS) is 11.4. The summed E-state index contributed by atoms with van der Waals surface area (Å²) in [5, 5.41) is 25.1. The number of fused-ring (bicyclic) bond motifs is 1. The van der Waals surface area contributed by atoms with Gasteiger partial charge in [0.25, 0.3) is 0 Å². The van der Waals surface area contributed by atoms with Crippen molar-refractivity contribution < 1.29 is 10.0 Å². The molecule has 96 valence electrons. The molecule has 0 atom stereocenters. The number of hydrogen-bond donors (Lipinski definition) is 3. The third kappa shape index (κ3) is 3.11. The summed E-state index contributed by atoms with van der Waals surface area (Å²) in [6, 6.07) is 6.11. The lowest BCUT2D eigenvalue weighted by Gasteiger charge is -2.07. The van der Waals surface area contributed by atoms with Crippen LogP contribution in [-0.4, -0.2) is 29.8 Å². The van der Waals surface area contributed by atoms with Crippen LogP contribution < -0.4 is 10.8 Å². The molecule has 0 saturated heterocycles. The average molecular weight is 263 g/mol. The van der Waals surface area contributed by atoms with Gasteiger partial charge in [-0.1, -0.05) is 26.0 Å². The second-order valence-electron chi connectivity index (χ2n) is 4.75. The lowest BCUT2D eigenvalue weighted by molar-refractivity contribution is 0.426. The first-order valence-electron chi connectivity index (χ1n) is 6.17. The van der Waals surface area contributed by atoms with Crippen LogP contribution >= 0.6 is 11.3 Å². The topological polar surface area (TPSA) is 52.5 Å². The van der Waals surface area contributed by atoms with Crippen molar-refractivity contribution in [1.82, 2.24) is 5.32 Å². The third-order valence-electron chi connectivity index (χ3n) is 2.92. The number of benzene rings is 1. The molecule has 0 unspecified atom stereocenters. The van der Waals surface area contributed by atoms with Gasteiger partial charge in [-0.2, -0.15) is 0 Å². The first-order chi connectivity index (χ1) is 8.58. The van der Waals surface area contributed by atoms with Gasteiger partial charge in [-0.3, -0.25) is 0 Å². The number of nitrogens with one attached hydrogen (secondary N) is 1. The zero-order valence-corrected chi connectivity index (χ0v) is 11.5. The molecule has 0 saturated carbocycles. The van der Waals surface area contributed by atoms with Crippen molar-refractivity contribution in [2.45, 2.75) is 26.3 Å². The minimum atomic E-state index is -1.39. The van der Waals surface area contributed by atoms with Crippen molar-refractivity contribution >= 4 is 34.0 Å². The molecule has 0 bridgehead atoms. The number of thiophene rings is 1. The summed E-state index contributed by atoms with van der Waals surface area (Å²) in [6.45, 7) is 5.25. The van der Waals surface area contributed by atoms with E-state index in [1.165, 1.54) is 10.9 Å². The zero-order valence-electron chi connectivity index (χ0n) is 10.7. The molecule has 2 rings (SSSR count). The van der Waals surface area contributed by atoms with E-state index in [0.717, 1.165) is 17.7 Å². The van der Waals surface area contributed by atoms with Crippen LogP contribution in [0.3, 0.4) is 0 Å². The summed E-state index contributed by atoms with van der Waals surface area (Å²) < 4.78 is 1.11. The lowest BCUT2D eigenvalue weighted by Crippen LogP contribution is -2.29. The third-order valence-corrected chi connectivity index (χ3v) is 3.92. The predicted octanol–water partition coefficient (Wildman–Crippen LogP) is 1.12. The standard InChI is InChI=1S/C13H18BNO2S/c1-9(2)15-6-5-10-8-18-13-7-11(14(16)17)3-4-12(10)13/h3-4,7-9,15-17H,5-6H2,1-2H3. The molecular weight excluding hydrogens is 245 g/mol. The number of rotatable bonds is 5. The van der Waals surface area contributed by atoms with Crippen molar-refractivity contribution in [3.8, 4) is 0 Å². The SMILES string of the molecule is CC(C)NCCc1csc2cc(B(O)O)ccc12. The van der Waals surface area contributed by atoms with Crippen LogP contribution in [-0.2, 0) is 6.42 Å². The average Bonchev–Trinajstić information content (AvgIpc) is 2.71. The molecule has 0 aliphatic heterocycles. The molecule has 3 N–H and O–H groups in total. The van der Waals surface area contributed by atoms with Crippen molar-refractivity contribution in [1.29, 1.82) is 0 Å². The van der Waals surface area contributed by atoms with Crippen LogP contribution in [0.1, 0.15) is 19.4 Å². The van der Waals surface area contributed by atoms with Crippen LogP contribution in [0.5, 0.6) is 0 Å². The van der Waals surface area contributed by atoms with E-state index in [1.807, 2.05) is 12.1 Å². The Balaban J connectivity index is 2.16. The zero-order chi connectivity index (χ0) is 13.1. The van der Waals surface area contributed by atoms with Crippen LogP contribution in [0.4, 0.5) is 0 Å². The van der Waals surface area contributed by atoms with Crippen LogP contribution in [0.25, 0.3) is 10.1 Å². The Morgan fingerprint density at radius 2 is 2.11 bits per heavy atom. The first-order valence-corrected chi connectivity index (χ1v) is 7.05. The second-order valence-corrected chi connectivity index (χ2v) is 5.66. The summed E-state index contributed by atoms with van der Waals surface area (Å²) >= 11 is 1.65. The Bertz CT molecular complexity index is 525. The van der Waals surface area contributed by atoms with Gasteiger partial charge in [-0.05, 0) is 40.8 Å². The fourth-order valence-corrected chi connectivity index (χ4v) is 2.99. The summed E-state index contributed by atoms with van der Waals surface area (Å²) in [7, 11) is -1.39. The quantitative estimate of drug-likeness (QED) is 0.709. The Morgan fingerprint density at radius 1 is 1.33 bits per heavy atom. The van der Waals surface area contributed by atoms with E-state index < -0.39 is 7.12 Å². The highest BCUT2D eigenvalue weighted by Crippen LogP contribution is 2.25. The highest BCUT2D eigenvalue weighted by atomic mass is 32.1. The molecule has 18 heavy (non-hydrogen) atoms. The molecular formula is C13H18BNO2S.